The Balaban J connectivity index is 1.64. The predicted octanol–water partition coefficient (Wildman–Crippen LogP) is 0.354. The minimum Gasteiger partial charge on any atom is -0.444 e. The summed E-state index contributed by atoms with van der Waals surface area (Å²) < 4.78 is 22.2. The first kappa shape index (κ1) is 25.0. The molecule has 0 unspecified atom stereocenters. The molecule has 2 rings (SSSR count). The number of unbranched alkanes of at least 4 members (excludes halogenated alkanes) is 1. The normalized spacial score (nSPS) is 28.5. The Bertz CT molecular complexity index is 599. The highest BCUT2D eigenvalue weighted by Crippen LogP contribution is 2.38. The summed E-state index contributed by atoms with van der Waals surface area (Å²) in [5.74, 6) is -0.821. The lowest BCUT2D eigenvalue weighted by atomic mass is 10.0. The topological polar surface area (TPSA) is 131 Å². The third-order valence-corrected chi connectivity index (χ3v) is 4.78. The molecule has 1 amide bonds. The van der Waals surface area contributed by atoms with Crippen molar-refractivity contribution in [3.8, 4) is 0 Å². The summed E-state index contributed by atoms with van der Waals surface area (Å²) in [7, 11) is 0. The van der Waals surface area contributed by atoms with Crippen LogP contribution in [-0.4, -0.2) is 83.1 Å². The number of ether oxygens (including phenoxy) is 4. The second-order valence-corrected chi connectivity index (χ2v) is 9.29. The van der Waals surface area contributed by atoms with E-state index in [1.54, 1.807) is 13.8 Å². The molecule has 2 aliphatic rings. The van der Waals surface area contributed by atoms with Crippen LogP contribution in [-0.2, 0) is 18.9 Å². The van der Waals surface area contributed by atoms with Crippen LogP contribution in [0, 0.1) is 0 Å². The van der Waals surface area contributed by atoms with Crippen molar-refractivity contribution in [2.24, 2.45) is 0 Å². The van der Waals surface area contributed by atoms with E-state index in [-0.39, 0.29) is 6.61 Å². The smallest absolute Gasteiger partial charge is 0.407 e. The summed E-state index contributed by atoms with van der Waals surface area (Å²) in [6, 6.07) is -0.616. The van der Waals surface area contributed by atoms with Crippen molar-refractivity contribution < 1.29 is 34.0 Å². The van der Waals surface area contributed by atoms with Gasteiger partial charge in [-0.15, -0.1) is 0 Å². The SMILES string of the molecule is CC(C)(C)OC(=O)NCCCCNC(=S)N[C@H](CO)[C@H]1O[C@@H]2OC(C)(C)O[C@@H]2[C@H]1O. The number of carbonyl (C=O) groups is 1. The van der Waals surface area contributed by atoms with Crippen LogP contribution >= 0.6 is 12.2 Å². The van der Waals surface area contributed by atoms with Crippen molar-refractivity contribution in [1.29, 1.82) is 0 Å². The van der Waals surface area contributed by atoms with Gasteiger partial charge >= 0.3 is 6.09 Å². The molecule has 2 fully saturated rings. The molecule has 2 saturated heterocycles. The van der Waals surface area contributed by atoms with Gasteiger partial charge < -0.3 is 45.1 Å². The highest BCUT2D eigenvalue weighted by atomic mass is 32.1. The number of hydrogen-bond donors (Lipinski definition) is 5. The molecule has 0 spiro atoms. The molecular weight excluding hydrogens is 414 g/mol. The Kier molecular flexibility index (Phi) is 8.66. The first-order valence-electron chi connectivity index (χ1n) is 10.2. The summed E-state index contributed by atoms with van der Waals surface area (Å²) in [5.41, 5.74) is -0.517. The standard InChI is InChI=1S/C19H35N3O7S/c1-18(2,3)29-17(25)21-9-7-6-8-20-16(30)22-11(10-23)13-12(24)14-15(26-13)28-19(4,5)27-14/h11-15,23-24H,6-10H2,1-5H3,(H,21,25)(H2,20,22,30)/t11-,12+,13-,14-,15-/m1/s1. The fourth-order valence-corrected chi connectivity index (χ4v) is 3.51. The molecule has 0 aromatic carbocycles. The molecule has 30 heavy (non-hydrogen) atoms. The zero-order chi connectivity index (χ0) is 22.5. The van der Waals surface area contributed by atoms with Crippen molar-refractivity contribution in [3.05, 3.63) is 0 Å². The number of aliphatic hydroxyl groups excluding tert-OH is 2. The van der Waals surface area contributed by atoms with Crippen LogP contribution in [0.1, 0.15) is 47.5 Å². The highest BCUT2D eigenvalue weighted by Gasteiger charge is 2.56. The van der Waals surface area contributed by atoms with Crippen LogP contribution in [0.3, 0.4) is 0 Å². The first-order chi connectivity index (χ1) is 13.9. The average molecular weight is 450 g/mol. The summed E-state index contributed by atoms with van der Waals surface area (Å²) in [6.45, 7) is 9.73. The number of rotatable bonds is 8. The summed E-state index contributed by atoms with van der Waals surface area (Å²) in [4.78, 5) is 11.6. The minimum absolute atomic E-state index is 0.286. The highest BCUT2D eigenvalue weighted by molar-refractivity contribution is 7.80. The van der Waals surface area contributed by atoms with Crippen molar-refractivity contribution in [2.75, 3.05) is 19.7 Å². The Hall–Kier alpha value is -1.24. The zero-order valence-electron chi connectivity index (χ0n) is 18.3. The molecule has 11 heteroatoms. The first-order valence-corrected chi connectivity index (χ1v) is 10.6. The number of hydrogen-bond acceptors (Lipinski definition) is 8. The monoisotopic (exact) mass is 449 g/mol. The molecule has 0 aromatic rings. The van der Waals surface area contributed by atoms with Gasteiger partial charge in [0.15, 0.2) is 17.2 Å². The molecule has 0 saturated carbocycles. The zero-order valence-corrected chi connectivity index (χ0v) is 19.1. The van der Waals surface area contributed by atoms with Crippen LogP contribution in [0.5, 0.6) is 0 Å². The van der Waals surface area contributed by atoms with Gasteiger partial charge in [-0.1, -0.05) is 0 Å². The molecule has 2 heterocycles. The van der Waals surface area contributed by atoms with Crippen LogP contribution in [0.25, 0.3) is 0 Å². The number of thiocarbonyl (C=S) groups is 1. The van der Waals surface area contributed by atoms with Gasteiger partial charge in [0.05, 0.1) is 12.6 Å². The van der Waals surface area contributed by atoms with E-state index in [2.05, 4.69) is 16.0 Å². The number of carbonyl (C=O) groups excluding carboxylic acids is 1. The number of aliphatic hydroxyl groups is 2. The van der Waals surface area contributed by atoms with Crippen LogP contribution < -0.4 is 16.0 Å². The summed E-state index contributed by atoms with van der Waals surface area (Å²) in [6.07, 6.45) is -1.90. The average Bonchev–Trinajstić information content (AvgIpc) is 3.07. The quantitative estimate of drug-likeness (QED) is 0.261. The molecule has 0 aliphatic carbocycles. The number of amides is 1. The van der Waals surface area contributed by atoms with E-state index >= 15 is 0 Å². The number of nitrogens with one attached hydrogen (secondary N) is 3. The van der Waals surface area contributed by atoms with E-state index in [9.17, 15) is 15.0 Å². The van der Waals surface area contributed by atoms with Crippen molar-refractivity contribution in [2.45, 2.75) is 89.5 Å². The lowest BCUT2D eigenvalue weighted by Crippen LogP contribution is -2.53. The lowest BCUT2D eigenvalue weighted by molar-refractivity contribution is -0.218. The molecule has 2 aliphatic heterocycles. The Labute approximate surface area is 183 Å². The number of fused-ring (bicyclic) bond motifs is 1. The minimum atomic E-state index is -0.955. The number of alkyl carbamates (subject to hydrolysis) is 1. The largest absolute Gasteiger partial charge is 0.444 e. The van der Waals surface area contributed by atoms with Gasteiger partial charge in [-0.3, -0.25) is 0 Å². The summed E-state index contributed by atoms with van der Waals surface area (Å²) in [5, 5.41) is 29.3. The van der Waals surface area contributed by atoms with Gasteiger partial charge in [0, 0.05) is 13.1 Å². The van der Waals surface area contributed by atoms with Crippen molar-refractivity contribution in [3.63, 3.8) is 0 Å². The molecule has 5 N–H and O–H groups in total. The van der Waals surface area contributed by atoms with Crippen molar-refractivity contribution in [1.82, 2.24) is 16.0 Å². The van der Waals surface area contributed by atoms with Gasteiger partial charge in [0.1, 0.15) is 23.9 Å². The second kappa shape index (κ2) is 10.4. The molecular formula is C19H35N3O7S. The molecule has 5 atom stereocenters. The second-order valence-electron chi connectivity index (χ2n) is 8.88. The van der Waals surface area contributed by atoms with E-state index in [4.69, 9.17) is 31.2 Å². The van der Waals surface area contributed by atoms with Gasteiger partial charge in [0.25, 0.3) is 0 Å². The molecule has 0 aromatic heterocycles. The van der Waals surface area contributed by atoms with E-state index in [1.807, 2.05) is 20.8 Å². The van der Waals surface area contributed by atoms with E-state index in [1.165, 1.54) is 0 Å². The van der Waals surface area contributed by atoms with Gasteiger partial charge in [0.2, 0.25) is 0 Å². The van der Waals surface area contributed by atoms with Gasteiger partial charge in [-0.25, -0.2) is 4.79 Å². The van der Waals surface area contributed by atoms with Gasteiger partial charge in [-0.05, 0) is 59.7 Å². The predicted molar refractivity (Wildman–Crippen MR) is 113 cm³/mol. The Morgan fingerprint density at radius 2 is 1.83 bits per heavy atom. The van der Waals surface area contributed by atoms with E-state index < -0.39 is 48.1 Å². The maximum atomic E-state index is 11.6. The Morgan fingerprint density at radius 3 is 2.40 bits per heavy atom. The Morgan fingerprint density at radius 1 is 1.20 bits per heavy atom. The maximum Gasteiger partial charge on any atom is 0.407 e. The lowest BCUT2D eigenvalue weighted by Gasteiger charge is -2.29. The van der Waals surface area contributed by atoms with E-state index in [0.29, 0.717) is 18.2 Å². The summed E-state index contributed by atoms with van der Waals surface area (Å²) >= 11 is 5.26. The van der Waals surface area contributed by atoms with E-state index in [0.717, 1.165) is 12.8 Å². The van der Waals surface area contributed by atoms with Crippen LogP contribution in [0.2, 0.25) is 0 Å². The third kappa shape index (κ3) is 7.47. The fourth-order valence-electron chi connectivity index (χ4n) is 3.26. The van der Waals surface area contributed by atoms with Crippen molar-refractivity contribution >= 4 is 23.4 Å². The molecule has 10 nitrogen and oxygen atoms in total. The van der Waals surface area contributed by atoms with Crippen LogP contribution in [0.4, 0.5) is 4.79 Å². The molecule has 0 bridgehead atoms. The molecule has 0 radical (unpaired) electrons. The third-order valence-electron chi connectivity index (χ3n) is 4.52. The fraction of sp³-hybridized carbons (Fsp3) is 0.895. The van der Waals surface area contributed by atoms with Crippen LogP contribution in [0.15, 0.2) is 0 Å². The molecule has 174 valence electrons. The maximum absolute atomic E-state index is 11.6. The van der Waals surface area contributed by atoms with Gasteiger partial charge in [-0.2, -0.15) is 0 Å².